The van der Waals surface area contributed by atoms with Gasteiger partial charge in [-0.15, -0.1) is 0 Å². The number of amides is 2. The average Bonchev–Trinajstić information content (AvgIpc) is 3.11. The summed E-state index contributed by atoms with van der Waals surface area (Å²) >= 11 is 0. The van der Waals surface area contributed by atoms with Crippen molar-refractivity contribution in [3.05, 3.63) is 23.9 Å². The predicted octanol–water partition coefficient (Wildman–Crippen LogP) is 3.89. The van der Waals surface area contributed by atoms with Gasteiger partial charge in [0.05, 0.1) is 0 Å². The second-order valence-corrected chi connectivity index (χ2v) is 8.98. The molecule has 0 radical (unpaired) electrons. The van der Waals surface area contributed by atoms with E-state index in [0.717, 1.165) is 37.2 Å². The van der Waals surface area contributed by atoms with Crippen LogP contribution < -0.4 is 16.1 Å². The molecule has 1 saturated heterocycles. The first-order chi connectivity index (χ1) is 16.0. The lowest BCUT2D eigenvalue weighted by Crippen LogP contribution is -2.45. The van der Waals surface area contributed by atoms with Crippen molar-refractivity contribution < 1.29 is 19.2 Å². The van der Waals surface area contributed by atoms with Crippen LogP contribution in [0.3, 0.4) is 0 Å². The Hall–Kier alpha value is -2.19. The molecule has 0 aromatic rings. The average molecular weight is 463 g/mol. The van der Waals surface area contributed by atoms with Crippen molar-refractivity contribution in [2.45, 2.75) is 97.3 Å². The van der Waals surface area contributed by atoms with Gasteiger partial charge in [0.25, 0.3) is 5.91 Å². The number of hydrogen-bond acceptors (Lipinski definition) is 5. The monoisotopic (exact) mass is 462 g/mol. The fraction of sp³-hybridized carbons (Fsp3) is 0.720. The Morgan fingerprint density at radius 1 is 1.09 bits per heavy atom. The maximum atomic E-state index is 12.5. The SMILES string of the molecule is CC\C(=N/C=C(C)/C=C/C(=O)NOC1CCCCO1)N[C@H](C)C(=O)NCC1CCCCCC1. The Morgan fingerprint density at radius 2 is 1.82 bits per heavy atom. The molecule has 0 aromatic heterocycles. The standard InChI is InChI=1S/C25H42N4O4/c1-4-22(28-20(3)25(31)27-18-21-11-7-5-6-8-12-21)26-17-19(2)14-15-23(30)29-33-24-13-9-10-16-32-24/h14-15,17,20-21,24H,4-13,16,18H2,1-3H3,(H,26,28)(H,27,31)(H,29,30)/b15-14+,19-17+/t20-,24?/m1/s1. The summed E-state index contributed by atoms with van der Waals surface area (Å²) in [4.78, 5) is 34.1. The number of nitrogens with zero attached hydrogens (tertiary/aromatic N) is 1. The summed E-state index contributed by atoms with van der Waals surface area (Å²) in [7, 11) is 0. The molecule has 0 spiro atoms. The van der Waals surface area contributed by atoms with Crippen molar-refractivity contribution >= 4 is 17.6 Å². The van der Waals surface area contributed by atoms with Gasteiger partial charge < -0.3 is 15.4 Å². The molecule has 8 heteroatoms. The summed E-state index contributed by atoms with van der Waals surface area (Å²) in [5.41, 5.74) is 3.19. The van der Waals surface area contributed by atoms with Crippen LogP contribution in [0.25, 0.3) is 0 Å². The lowest BCUT2D eigenvalue weighted by Gasteiger charge is -2.21. The molecule has 186 valence electrons. The van der Waals surface area contributed by atoms with E-state index in [4.69, 9.17) is 9.57 Å². The Balaban J connectivity index is 1.74. The molecule has 2 fully saturated rings. The molecule has 0 aromatic carbocycles. The highest BCUT2D eigenvalue weighted by Crippen LogP contribution is 2.22. The second kappa shape index (κ2) is 15.6. The van der Waals surface area contributed by atoms with Crippen LogP contribution in [0.4, 0.5) is 0 Å². The van der Waals surface area contributed by atoms with Crippen LogP contribution in [0.5, 0.6) is 0 Å². The van der Waals surface area contributed by atoms with E-state index in [1.54, 1.807) is 12.3 Å². The largest absolute Gasteiger partial charge is 0.362 e. The van der Waals surface area contributed by atoms with Crippen LogP contribution in [0, 0.1) is 5.92 Å². The summed E-state index contributed by atoms with van der Waals surface area (Å²) in [5.74, 6) is 0.966. The number of amidine groups is 1. The van der Waals surface area contributed by atoms with E-state index in [9.17, 15) is 9.59 Å². The Kier molecular flexibility index (Phi) is 12.8. The number of rotatable bonds is 10. The molecular weight excluding hydrogens is 420 g/mol. The van der Waals surface area contributed by atoms with Crippen LogP contribution in [0.2, 0.25) is 0 Å². The lowest BCUT2D eigenvalue weighted by atomic mass is 10.0. The minimum atomic E-state index is -0.373. The molecule has 1 aliphatic heterocycles. The molecular formula is C25H42N4O4. The van der Waals surface area contributed by atoms with Crippen LogP contribution in [-0.4, -0.2) is 43.1 Å². The molecule has 2 amide bonds. The normalized spacial score (nSPS) is 22.0. The number of hydrogen-bond donors (Lipinski definition) is 3. The third kappa shape index (κ3) is 11.5. The number of hydroxylamine groups is 1. The van der Waals surface area contributed by atoms with E-state index in [0.29, 0.717) is 18.9 Å². The first kappa shape index (κ1) is 27.1. The fourth-order valence-electron chi connectivity index (χ4n) is 3.90. The highest BCUT2D eigenvalue weighted by molar-refractivity contribution is 5.90. The molecule has 33 heavy (non-hydrogen) atoms. The zero-order valence-corrected chi connectivity index (χ0v) is 20.5. The quantitative estimate of drug-likeness (QED) is 0.114. The number of allylic oxidation sites excluding steroid dienone is 2. The van der Waals surface area contributed by atoms with Gasteiger partial charge in [-0.3, -0.25) is 9.59 Å². The Morgan fingerprint density at radius 3 is 2.48 bits per heavy atom. The zero-order valence-electron chi connectivity index (χ0n) is 20.5. The maximum absolute atomic E-state index is 12.5. The summed E-state index contributed by atoms with van der Waals surface area (Å²) < 4.78 is 5.40. The van der Waals surface area contributed by atoms with Gasteiger partial charge in [0.15, 0.2) is 6.29 Å². The Labute approximate surface area is 198 Å². The molecule has 1 saturated carbocycles. The van der Waals surface area contributed by atoms with E-state index in [-0.39, 0.29) is 24.1 Å². The lowest BCUT2D eigenvalue weighted by molar-refractivity contribution is -0.198. The van der Waals surface area contributed by atoms with Crippen molar-refractivity contribution in [1.29, 1.82) is 0 Å². The second-order valence-electron chi connectivity index (χ2n) is 8.98. The van der Waals surface area contributed by atoms with Gasteiger partial charge in [-0.2, -0.15) is 0 Å². The van der Waals surface area contributed by atoms with Crippen molar-refractivity contribution in [1.82, 2.24) is 16.1 Å². The van der Waals surface area contributed by atoms with Crippen LogP contribution in [-0.2, 0) is 19.2 Å². The van der Waals surface area contributed by atoms with E-state index in [1.165, 1.54) is 44.6 Å². The molecule has 0 bridgehead atoms. The Bertz CT molecular complexity index is 691. The van der Waals surface area contributed by atoms with Crippen LogP contribution in [0.15, 0.2) is 28.9 Å². The number of carbonyl (C=O) groups is 2. The van der Waals surface area contributed by atoms with E-state index in [1.807, 2.05) is 20.8 Å². The van der Waals surface area contributed by atoms with E-state index >= 15 is 0 Å². The van der Waals surface area contributed by atoms with Gasteiger partial charge in [0.2, 0.25) is 5.91 Å². The molecule has 2 rings (SSSR count). The maximum Gasteiger partial charge on any atom is 0.267 e. The highest BCUT2D eigenvalue weighted by Gasteiger charge is 2.17. The van der Waals surface area contributed by atoms with Gasteiger partial charge in [-0.1, -0.05) is 38.7 Å². The highest BCUT2D eigenvalue weighted by atomic mass is 16.8. The van der Waals surface area contributed by atoms with Crippen molar-refractivity contribution in [3.8, 4) is 0 Å². The first-order valence-electron chi connectivity index (χ1n) is 12.5. The number of ether oxygens (including phenoxy) is 1. The summed E-state index contributed by atoms with van der Waals surface area (Å²) in [6, 6.07) is -0.358. The molecule has 2 atom stereocenters. The third-order valence-electron chi connectivity index (χ3n) is 6.00. The van der Waals surface area contributed by atoms with E-state index < -0.39 is 0 Å². The van der Waals surface area contributed by atoms with Gasteiger partial charge in [-0.25, -0.2) is 15.3 Å². The molecule has 1 unspecified atom stereocenters. The molecule has 2 aliphatic rings. The van der Waals surface area contributed by atoms with Gasteiger partial charge in [-0.05, 0) is 51.0 Å². The van der Waals surface area contributed by atoms with Gasteiger partial charge in [0, 0.05) is 38.3 Å². The van der Waals surface area contributed by atoms with Crippen LogP contribution >= 0.6 is 0 Å². The van der Waals surface area contributed by atoms with Crippen LogP contribution in [0.1, 0.15) is 85.0 Å². The van der Waals surface area contributed by atoms with Crippen molar-refractivity contribution in [3.63, 3.8) is 0 Å². The predicted molar refractivity (Wildman–Crippen MR) is 130 cm³/mol. The smallest absolute Gasteiger partial charge is 0.267 e. The van der Waals surface area contributed by atoms with Crippen molar-refractivity contribution in [2.75, 3.05) is 13.2 Å². The van der Waals surface area contributed by atoms with E-state index in [2.05, 4.69) is 21.1 Å². The summed E-state index contributed by atoms with van der Waals surface area (Å²) in [6.07, 6.45) is 15.5. The third-order valence-corrected chi connectivity index (χ3v) is 6.00. The fourth-order valence-corrected chi connectivity index (χ4v) is 3.90. The van der Waals surface area contributed by atoms with Crippen molar-refractivity contribution in [2.24, 2.45) is 10.9 Å². The minimum absolute atomic E-state index is 0.000360. The molecule has 1 aliphatic carbocycles. The van der Waals surface area contributed by atoms with Gasteiger partial charge in [0.1, 0.15) is 11.9 Å². The zero-order chi connectivity index (χ0) is 23.9. The molecule has 8 nitrogen and oxygen atoms in total. The number of carbonyl (C=O) groups excluding carboxylic acids is 2. The number of nitrogens with one attached hydrogen (secondary N) is 3. The van der Waals surface area contributed by atoms with Gasteiger partial charge >= 0.3 is 0 Å². The molecule has 1 heterocycles. The summed E-state index contributed by atoms with van der Waals surface area (Å²) in [5, 5.41) is 6.29. The number of aliphatic imine (C=N–C) groups is 1. The molecule has 3 N–H and O–H groups in total. The topological polar surface area (TPSA) is 101 Å². The summed E-state index contributed by atoms with van der Waals surface area (Å²) in [6.45, 7) is 7.11. The minimum Gasteiger partial charge on any atom is -0.362 e. The first-order valence-corrected chi connectivity index (χ1v) is 12.5.